The molecule has 1 unspecified atom stereocenters. The van der Waals surface area contributed by atoms with Crippen molar-refractivity contribution in [1.82, 2.24) is 10.2 Å². The Labute approximate surface area is 97.3 Å². The average Bonchev–Trinajstić information content (AvgIpc) is 2.65. The number of rotatable bonds is 1. The van der Waals surface area contributed by atoms with Crippen LogP contribution in [0.5, 0.6) is 0 Å². The summed E-state index contributed by atoms with van der Waals surface area (Å²) in [5, 5.41) is 3.33. The molecule has 0 bridgehead atoms. The van der Waals surface area contributed by atoms with Gasteiger partial charge in [-0.1, -0.05) is 0 Å². The van der Waals surface area contributed by atoms with Gasteiger partial charge in [0.15, 0.2) is 0 Å². The summed E-state index contributed by atoms with van der Waals surface area (Å²) >= 11 is 0. The van der Waals surface area contributed by atoms with Crippen molar-refractivity contribution in [3.8, 4) is 0 Å². The lowest BCUT2D eigenvalue weighted by atomic mass is 9.94. The van der Waals surface area contributed by atoms with Crippen LogP contribution in [0.15, 0.2) is 0 Å². The average molecular weight is 226 g/mol. The molecule has 2 aliphatic heterocycles. The van der Waals surface area contributed by atoms with Crippen LogP contribution >= 0.6 is 0 Å². The number of nitrogens with one attached hydrogen (secondary N) is 1. The first-order valence-corrected chi connectivity index (χ1v) is 6.12. The van der Waals surface area contributed by atoms with Gasteiger partial charge in [-0.05, 0) is 33.6 Å². The van der Waals surface area contributed by atoms with Crippen LogP contribution in [0.2, 0.25) is 0 Å². The molecule has 1 atom stereocenters. The molecule has 0 aliphatic carbocycles. The summed E-state index contributed by atoms with van der Waals surface area (Å²) in [5.74, 6) is 0.163. The SMILES string of the molecule is CC1(C(=O)N2CCNCC2(C)C)CCCO1. The lowest BCUT2D eigenvalue weighted by molar-refractivity contribution is -0.157. The summed E-state index contributed by atoms with van der Waals surface area (Å²) in [5.41, 5.74) is -0.682. The minimum Gasteiger partial charge on any atom is -0.365 e. The van der Waals surface area contributed by atoms with Gasteiger partial charge in [-0.15, -0.1) is 0 Å². The Morgan fingerprint density at radius 3 is 2.69 bits per heavy atom. The molecule has 0 aromatic rings. The van der Waals surface area contributed by atoms with E-state index < -0.39 is 5.60 Å². The second-order valence-corrected chi connectivity index (χ2v) is 5.63. The normalized spacial score (nSPS) is 34.1. The number of nitrogens with zero attached hydrogens (tertiary/aromatic N) is 1. The van der Waals surface area contributed by atoms with Crippen LogP contribution in [0.4, 0.5) is 0 Å². The predicted molar refractivity (Wildman–Crippen MR) is 62.3 cm³/mol. The van der Waals surface area contributed by atoms with E-state index >= 15 is 0 Å². The highest BCUT2D eigenvalue weighted by Gasteiger charge is 2.45. The fraction of sp³-hybridized carbons (Fsp3) is 0.917. The van der Waals surface area contributed by atoms with Crippen molar-refractivity contribution in [2.45, 2.75) is 44.8 Å². The van der Waals surface area contributed by atoms with Crippen LogP contribution in [0.3, 0.4) is 0 Å². The van der Waals surface area contributed by atoms with Crippen LogP contribution in [0.25, 0.3) is 0 Å². The van der Waals surface area contributed by atoms with E-state index in [2.05, 4.69) is 19.2 Å². The zero-order valence-corrected chi connectivity index (χ0v) is 10.5. The van der Waals surface area contributed by atoms with Gasteiger partial charge in [-0.2, -0.15) is 0 Å². The highest BCUT2D eigenvalue weighted by molar-refractivity contribution is 5.86. The number of amides is 1. The molecule has 4 nitrogen and oxygen atoms in total. The quantitative estimate of drug-likeness (QED) is 0.718. The molecule has 0 aromatic carbocycles. The minimum atomic E-state index is -0.575. The molecule has 0 aromatic heterocycles. The Morgan fingerprint density at radius 2 is 2.12 bits per heavy atom. The van der Waals surface area contributed by atoms with Gasteiger partial charge in [0.05, 0.1) is 0 Å². The van der Waals surface area contributed by atoms with Crippen LogP contribution in [0.1, 0.15) is 33.6 Å². The maximum atomic E-state index is 12.5. The Kier molecular flexibility index (Phi) is 2.97. The highest BCUT2D eigenvalue weighted by Crippen LogP contribution is 2.30. The van der Waals surface area contributed by atoms with Gasteiger partial charge in [0, 0.05) is 31.8 Å². The van der Waals surface area contributed by atoms with E-state index in [0.717, 1.165) is 39.1 Å². The van der Waals surface area contributed by atoms with Crippen LogP contribution in [-0.2, 0) is 9.53 Å². The standard InChI is InChI=1S/C12H22N2O2/c1-11(2)9-13-6-7-14(11)10(15)12(3)5-4-8-16-12/h13H,4-9H2,1-3H3. The number of hydrogen-bond acceptors (Lipinski definition) is 3. The van der Waals surface area contributed by atoms with Crippen molar-refractivity contribution in [3.63, 3.8) is 0 Å². The molecule has 2 heterocycles. The van der Waals surface area contributed by atoms with E-state index in [-0.39, 0.29) is 11.4 Å². The van der Waals surface area contributed by atoms with Crippen molar-refractivity contribution in [2.75, 3.05) is 26.2 Å². The summed E-state index contributed by atoms with van der Waals surface area (Å²) in [6.45, 7) is 9.38. The monoisotopic (exact) mass is 226 g/mol. The van der Waals surface area contributed by atoms with Crippen molar-refractivity contribution < 1.29 is 9.53 Å². The topological polar surface area (TPSA) is 41.6 Å². The number of carbonyl (C=O) groups excluding carboxylic acids is 1. The van der Waals surface area contributed by atoms with Gasteiger partial charge < -0.3 is 15.0 Å². The molecule has 2 aliphatic rings. The van der Waals surface area contributed by atoms with Gasteiger partial charge in [-0.25, -0.2) is 0 Å². The maximum absolute atomic E-state index is 12.5. The van der Waals surface area contributed by atoms with Gasteiger partial charge in [0.1, 0.15) is 5.60 Å². The Balaban J connectivity index is 2.13. The summed E-state index contributed by atoms with van der Waals surface area (Å²) in [4.78, 5) is 14.5. The van der Waals surface area contributed by atoms with Crippen molar-refractivity contribution in [3.05, 3.63) is 0 Å². The zero-order valence-electron chi connectivity index (χ0n) is 10.5. The molecule has 2 fully saturated rings. The van der Waals surface area contributed by atoms with Gasteiger partial charge in [-0.3, -0.25) is 4.79 Å². The first-order valence-electron chi connectivity index (χ1n) is 6.12. The van der Waals surface area contributed by atoms with E-state index in [1.165, 1.54) is 0 Å². The van der Waals surface area contributed by atoms with Crippen molar-refractivity contribution in [2.24, 2.45) is 0 Å². The largest absolute Gasteiger partial charge is 0.365 e. The lowest BCUT2D eigenvalue weighted by Gasteiger charge is -2.45. The van der Waals surface area contributed by atoms with Gasteiger partial charge >= 0.3 is 0 Å². The van der Waals surface area contributed by atoms with E-state index in [9.17, 15) is 4.79 Å². The van der Waals surface area contributed by atoms with E-state index in [1.807, 2.05) is 11.8 Å². The molecule has 0 spiro atoms. The van der Waals surface area contributed by atoms with Crippen LogP contribution in [0, 0.1) is 0 Å². The third-order valence-electron chi connectivity index (χ3n) is 3.72. The Morgan fingerprint density at radius 1 is 1.38 bits per heavy atom. The molecule has 4 heteroatoms. The first-order chi connectivity index (χ1) is 7.46. The minimum absolute atomic E-state index is 0.107. The second-order valence-electron chi connectivity index (χ2n) is 5.63. The molecule has 0 radical (unpaired) electrons. The molecule has 2 rings (SSSR count). The van der Waals surface area contributed by atoms with Crippen molar-refractivity contribution >= 4 is 5.91 Å². The molecule has 16 heavy (non-hydrogen) atoms. The van der Waals surface area contributed by atoms with Crippen molar-refractivity contribution in [1.29, 1.82) is 0 Å². The van der Waals surface area contributed by atoms with Gasteiger partial charge in [0.25, 0.3) is 5.91 Å². The third-order valence-corrected chi connectivity index (χ3v) is 3.72. The molecule has 1 amide bonds. The number of ether oxygens (including phenoxy) is 1. The number of piperazine rings is 1. The lowest BCUT2D eigenvalue weighted by Crippen LogP contribution is -2.63. The first kappa shape index (κ1) is 11.9. The van der Waals surface area contributed by atoms with Crippen LogP contribution < -0.4 is 5.32 Å². The molecular formula is C12H22N2O2. The fourth-order valence-electron chi connectivity index (χ4n) is 2.59. The summed E-state index contributed by atoms with van der Waals surface area (Å²) in [7, 11) is 0. The number of hydrogen-bond donors (Lipinski definition) is 1. The molecule has 2 saturated heterocycles. The van der Waals surface area contributed by atoms with E-state index in [0.29, 0.717) is 0 Å². The number of carbonyl (C=O) groups is 1. The molecule has 92 valence electrons. The summed E-state index contributed by atoms with van der Waals surface area (Å²) in [6, 6.07) is 0. The Bertz CT molecular complexity index is 283. The van der Waals surface area contributed by atoms with E-state index in [1.54, 1.807) is 0 Å². The smallest absolute Gasteiger partial charge is 0.255 e. The van der Waals surface area contributed by atoms with Crippen LogP contribution in [-0.4, -0.2) is 48.2 Å². The third kappa shape index (κ3) is 1.96. The molecule has 1 N–H and O–H groups in total. The Hall–Kier alpha value is -0.610. The maximum Gasteiger partial charge on any atom is 0.255 e. The fourth-order valence-corrected chi connectivity index (χ4v) is 2.59. The van der Waals surface area contributed by atoms with E-state index in [4.69, 9.17) is 4.74 Å². The van der Waals surface area contributed by atoms with Gasteiger partial charge in [0.2, 0.25) is 0 Å². The zero-order chi connectivity index (χ0) is 11.8. The second kappa shape index (κ2) is 4.00. The predicted octanol–water partition coefficient (Wildman–Crippen LogP) is 0.766. The molecule has 0 saturated carbocycles. The highest BCUT2D eigenvalue weighted by atomic mass is 16.5. The summed E-state index contributed by atoms with van der Waals surface area (Å²) < 4.78 is 5.64. The summed E-state index contributed by atoms with van der Waals surface area (Å²) in [6.07, 6.45) is 1.85. The molecular weight excluding hydrogens is 204 g/mol.